The Labute approximate surface area is 245 Å². The quantitative estimate of drug-likeness (QED) is 0.268. The topological polar surface area (TPSA) is 105 Å². The number of aliphatic hydroxyl groups is 1. The molecule has 0 saturated carbocycles. The molecule has 0 aromatic heterocycles. The van der Waals surface area contributed by atoms with E-state index in [-0.39, 0.29) is 43.5 Å². The number of phenolic OH excluding ortho intramolecular Hbond substituents is 2. The van der Waals surface area contributed by atoms with Crippen molar-refractivity contribution in [3.05, 3.63) is 131 Å². The van der Waals surface area contributed by atoms with Crippen LogP contribution in [0.1, 0.15) is 28.7 Å². The molecule has 1 aliphatic heterocycles. The fraction of sp³-hybridized carbons (Fsp3) is 0.235. The van der Waals surface area contributed by atoms with Crippen LogP contribution in [0, 0.1) is 0 Å². The second-order valence-electron chi connectivity index (χ2n) is 10.6. The number of benzene rings is 4. The minimum absolute atomic E-state index is 0.0545. The number of hydrazine groups is 1. The molecule has 2 atom stereocenters. The van der Waals surface area contributed by atoms with Gasteiger partial charge in [0.15, 0.2) is 0 Å². The van der Waals surface area contributed by atoms with Gasteiger partial charge < -0.3 is 20.2 Å². The Morgan fingerprint density at radius 1 is 0.690 bits per heavy atom. The van der Waals surface area contributed by atoms with Crippen LogP contribution in [0.3, 0.4) is 0 Å². The maximum atomic E-state index is 14.5. The van der Waals surface area contributed by atoms with Gasteiger partial charge in [-0.05, 0) is 59.4 Å². The number of aryl methyl sites for hydroxylation is 1. The van der Waals surface area contributed by atoms with Crippen LogP contribution in [0.15, 0.2) is 109 Å². The maximum absolute atomic E-state index is 14.5. The summed E-state index contributed by atoms with van der Waals surface area (Å²) in [7, 11) is 0. The minimum Gasteiger partial charge on any atom is -0.508 e. The largest absolute Gasteiger partial charge is 0.508 e. The summed E-state index contributed by atoms with van der Waals surface area (Å²) in [5, 5.41) is 34.1. The second-order valence-corrected chi connectivity index (χ2v) is 10.6. The number of urea groups is 1. The molecule has 1 saturated heterocycles. The van der Waals surface area contributed by atoms with Gasteiger partial charge in [0, 0.05) is 13.0 Å². The summed E-state index contributed by atoms with van der Waals surface area (Å²) < 4.78 is 0. The van der Waals surface area contributed by atoms with Crippen molar-refractivity contribution in [3.8, 4) is 11.5 Å². The van der Waals surface area contributed by atoms with Crippen molar-refractivity contribution >= 4 is 11.9 Å². The smallest absolute Gasteiger partial charge is 0.339 e. The Balaban J connectivity index is 1.51. The van der Waals surface area contributed by atoms with Crippen molar-refractivity contribution in [2.75, 3.05) is 6.54 Å². The van der Waals surface area contributed by atoms with E-state index in [1.807, 2.05) is 60.7 Å². The van der Waals surface area contributed by atoms with Crippen LogP contribution in [-0.4, -0.2) is 60.9 Å². The zero-order valence-corrected chi connectivity index (χ0v) is 23.3. The van der Waals surface area contributed by atoms with E-state index in [9.17, 15) is 24.9 Å². The molecule has 0 radical (unpaired) electrons. The highest BCUT2D eigenvalue weighted by atomic mass is 16.3. The number of phenols is 2. The summed E-state index contributed by atoms with van der Waals surface area (Å²) in [6.07, 6.45) is 0.0253. The van der Waals surface area contributed by atoms with Gasteiger partial charge in [-0.3, -0.25) is 4.79 Å². The SMILES string of the molecule is O=C(CCc1ccccc1)N1C[C@@H](O)[C@@H](Cc2ccccc2)N(Cc2ccc(O)cc2)C(=O)N1Cc1ccc(O)cc1. The van der Waals surface area contributed by atoms with Gasteiger partial charge in [0.25, 0.3) is 0 Å². The molecule has 0 bridgehead atoms. The van der Waals surface area contributed by atoms with E-state index in [0.29, 0.717) is 12.8 Å². The lowest BCUT2D eigenvalue weighted by Crippen LogP contribution is -2.52. The molecule has 42 heavy (non-hydrogen) atoms. The third-order valence-corrected chi connectivity index (χ3v) is 7.57. The Bertz CT molecular complexity index is 1460. The molecule has 3 N–H and O–H groups in total. The van der Waals surface area contributed by atoms with E-state index in [1.165, 1.54) is 10.0 Å². The lowest BCUT2D eigenvalue weighted by Gasteiger charge is -2.36. The third-order valence-electron chi connectivity index (χ3n) is 7.57. The van der Waals surface area contributed by atoms with E-state index in [4.69, 9.17) is 0 Å². The highest BCUT2D eigenvalue weighted by molar-refractivity contribution is 5.82. The summed E-state index contributed by atoms with van der Waals surface area (Å²) in [5.41, 5.74) is 3.47. The number of aliphatic hydroxyl groups excluding tert-OH is 1. The Kier molecular flexibility index (Phi) is 9.04. The molecule has 4 aromatic carbocycles. The summed E-state index contributed by atoms with van der Waals surface area (Å²) in [5.74, 6) is -0.0509. The number of rotatable bonds is 9. The average Bonchev–Trinajstić information content (AvgIpc) is 3.10. The van der Waals surface area contributed by atoms with Gasteiger partial charge in [0.2, 0.25) is 5.91 Å². The lowest BCUT2D eigenvalue weighted by molar-refractivity contribution is -0.147. The van der Waals surface area contributed by atoms with Crippen molar-refractivity contribution in [1.82, 2.24) is 14.9 Å². The molecule has 1 heterocycles. The number of β-amino-alcohol motifs (C(OH)–C–C–N with tert-alkyl or cyclic N) is 1. The number of amides is 3. The molecule has 1 aliphatic rings. The molecule has 1 fully saturated rings. The van der Waals surface area contributed by atoms with Crippen LogP contribution < -0.4 is 0 Å². The molecule has 4 aromatic rings. The summed E-state index contributed by atoms with van der Waals surface area (Å²) in [4.78, 5) is 29.9. The van der Waals surface area contributed by atoms with Gasteiger partial charge in [-0.2, -0.15) is 0 Å². The molecule has 5 rings (SSSR count). The number of aromatic hydroxyl groups is 2. The first-order valence-electron chi connectivity index (χ1n) is 14.1. The normalized spacial score (nSPS) is 17.3. The summed E-state index contributed by atoms with van der Waals surface area (Å²) >= 11 is 0. The number of nitrogens with zero attached hydrogens (tertiary/aromatic N) is 3. The van der Waals surface area contributed by atoms with Crippen molar-refractivity contribution in [3.63, 3.8) is 0 Å². The van der Waals surface area contributed by atoms with E-state index >= 15 is 0 Å². The van der Waals surface area contributed by atoms with Crippen molar-refractivity contribution in [2.45, 2.75) is 44.5 Å². The fourth-order valence-corrected chi connectivity index (χ4v) is 5.27. The first-order chi connectivity index (χ1) is 20.4. The van der Waals surface area contributed by atoms with Gasteiger partial charge >= 0.3 is 6.03 Å². The molecule has 0 aliphatic carbocycles. The average molecular weight is 566 g/mol. The first-order valence-corrected chi connectivity index (χ1v) is 14.1. The molecule has 8 nitrogen and oxygen atoms in total. The predicted molar refractivity (Wildman–Crippen MR) is 159 cm³/mol. The molecule has 216 valence electrons. The first kappa shape index (κ1) is 28.7. The second kappa shape index (κ2) is 13.2. The molecular formula is C34H35N3O5. The zero-order valence-electron chi connectivity index (χ0n) is 23.3. The van der Waals surface area contributed by atoms with E-state index in [1.54, 1.807) is 53.4 Å². The molecule has 0 spiro atoms. The van der Waals surface area contributed by atoms with Crippen molar-refractivity contribution in [1.29, 1.82) is 0 Å². The van der Waals surface area contributed by atoms with E-state index < -0.39 is 18.2 Å². The summed E-state index contributed by atoms with van der Waals surface area (Å²) in [6.45, 7) is 0.194. The zero-order chi connectivity index (χ0) is 29.5. The number of carbonyl (C=O) groups is 2. The van der Waals surface area contributed by atoms with Crippen LogP contribution in [0.25, 0.3) is 0 Å². The Hall–Kier alpha value is -4.82. The van der Waals surface area contributed by atoms with Crippen molar-refractivity contribution < 1.29 is 24.9 Å². The minimum atomic E-state index is -1.03. The highest BCUT2D eigenvalue weighted by Crippen LogP contribution is 2.26. The van der Waals surface area contributed by atoms with Crippen LogP contribution in [0.5, 0.6) is 11.5 Å². The fourth-order valence-electron chi connectivity index (χ4n) is 5.27. The van der Waals surface area contributed by atoms with E-state index in [0.717, 1.165) is 22.3 Å². The molecule has 3 amide bonds. The highest BCUT2D eigenvalue weighted by Gasteiger charge is 2.41. The number of carbonyl (C=O) groups excluding carboxylic acids is 2. The van der Waals surface area contributed by atoms with Crippen LogP contribution in [0.2, 0.25) is 0 Å². The molecule has 8 heteroatoms. The van der Waals surface area contributed by atoms with Crippen LogP contribution in [0.4, 0.5) is 4.79 Å². The van der Waals surface area contributed by atoms with E-state index in [2.05, 4.69) is 0 Å². The van der Waals surface area contributed by atoms with Gasteiger partial charge in [0.1, 0.15) is 11.5 Å². The van der Waals surface area contributed by atoms with Gasteiger partial charge in [0.05, 0.1) is 25.2 Å². The van der Waals surface area contributed by atoms with Crippen molar-refractivity contribution in [2.24, 2.45) is 0 Å². The monoisotopic (exact) mass is 565 g/mol. The third kappa shape index (κ3) is 7.08. The molecule has 0 unspecified atom stereocenters. The van der Waals surface area contributed by atoms with Gasteiger partial charge in [-0.1, -0.05) is 84.9 Å². The number of hydrogen-bond donors (Lipinski definition) is 3. The lowest BCUT2D eigenvalue weighted by atomic mass is 9.99. The maximum Gasteiger partial charge on any atom is 0.339 e. The summed E-state index contributed by atoms with van der Waals surface area (Å²) in [6, 6.07) is 31.4. The predicted octanol–water partition coefficient (Wildman–Crippen LogP) is 4.88. The van der Waals surface area contributed by atoms with Crippen LogP contribution in [-0.2, 0) is 30.7 Å². The van der Waals surface area contributed by atoms with Gasteiger partial charge in [-0.25, -0.2) is 14.8 Å². The standard InChI is InChI=1S/C34H35N3O5/c38-29-16-11-27(12-17-29)22-35-31(21-26-9-5-2-6-10-26)32(40)24-36(33(41)20-15-25-7-3-1-4-8-25)37(34(35)42)23-28-13-18-30(39)19-14-28/h1-14,16-19,31-32,38-40H,15,20-24H2/t31-,32-/m1/s1. The van der Waals surface area contributed by atoms with Crippen LogP contribution >= 0.6 is 0 Å². The number of hydrogen-bond acceptors (Lipinski definition) is 5. The Morgan fingerprint density at radius 3 is 1.79 bits per heavy atom. The molecular weight excluding hydrogens is 530 g/mol. The van der Waals surface area contributed by atoms with Gasteiger partial charge in [-0.15, -0.1) is 0 Å². The Morgan fingerprint density at radius 2 is 1.21 bits per heavy atom.